The lowest BCUT2D eigenvalue weighted by atomic mass is 10.1. The van der Waals surface area contributed by atoms with Crippen LogP contribution in [-0.2, 0) is 4.79 Å². The van der Waals surface area contributed by atoms with Gasteiger partial charge in [-0.3, -0.25) is 0 Å². The fourth-order valence-corrected chi connectivity index (χ4v) is 2.76. The van der Waals surface area contributed by atoms with Crippen molar-refractivity contribution in [2.24, 2.45) is 0 Å². The molecule has 0 aliphatic rings. The largest absolute Gasteiger partial charge is 0.482 e. The van der Waals surface area contributed by atoms with Gasteiger partial charge in [0.25, 0.3) is 0 Å². The van der Waals surface area contributed by atoms with E-state index in [9.17, 15) is 9.59 Å². The van der Waals surface area contributed by atoms with Crippen LogP contribution < -0.4 is 15.1 Å². The summed E-state index contributed by atoms with van der Waals surface area (Å²) >= 11 is 0. The first-order valence-electron chi connectivity index (χ1n) is 8.30. The van der Waals surface area contributed by atoms with Gasteiger partial charge in [0.15, 0.2) is 6.61 Å². The molecule has 0 N–H and O–H groups in total. The van der Waals surface area contributed by atoms with Gasteiger partial charge in [0.1, 0.15) is 17.1 Å². The summed E-state index contributed by atoms with van der Waals surface area (Å²) in [5, 5.41) is 0.825. The predicted octanol–water partition coefficient (Wildman–Crippen LogP) is 4.01. The number of ether oxygens (including phenoxy) is 2. The van der Waals surface area contributed by atoms with Crippen LogP contribution >= 0.6 is 0 Å². The first kappa shape index (κ1) is 17.7. The van der Waals surface area contributed by atoms with Crippen LogP contribution in [0.25, 0.3) is 11.0 Å². The highest BCUT2D eigenvalue weighted by atomic mass is 16.6. The van der Waals surface area contributed by atoms with Crippen molar-refractivity contribution in [1.82, 2.24) is 0 Å². The van der Waals surface area contributed by atoms with E-state index < -0.39 is 11.6 Å². The summed E-state index contributed by atoms with van der Waals surface area (Å²) in [7, 11) is 0. The van der Waals surface area contributed by atoms with Gasteiger partial charge in [-0.2, -0.15) is 0 Å². The molecule has 3 rings (SSSR count). The molecule has 0 spiro atoms. The molecule has 134 valence electrons. The average Bonchev–Trinajstić information content (AvgIpc) is 2.59. The lowest BCUT2D eigenvalue weighted by Gasteiger charge is -2.13. The van der Waals surface area contributed by atoms with Crippen LogP contribution in [0, 0.1) is 27.7 Å². The Morgan fingerprint density at radius 1 is 0.962 bits per heavy atom. The average molecular weight is 352 g/mol. The summed E-state index contributed by atoms with van der Waals surface area (Å²) in [5.41, 5.74) is 3.71. The molecular weight excluding hydrogens is 332 g/mol. The van der Waals surface area contributed by atoms with Crippen molar-refractivity contribution in [2.45, 2.75) is 27.7 Å². The number of hydrogen-bond acceptors (Lipinski definition) is 5. The molecule has 0 saturated heterocycles. The summed E-state index contributed by atoms with van der Waals surface area (Å²) in [4.78, 5) is 23.6. The number of fused-ring (bicyclic) bond motifs is 1. The van der Waals surface area contributed by atoms with Crippen LogP contribution in [-0.4, -0.2) is 12.6 Å². The van der Waals surface area contributed by atoms with Crippen molar-refractivity contribution in [1.29, 1.82) is 0 Å². The van der Waals surface area contributed by atoms with Gasteiger partial charge >= 0.3 is 11.6 Å². The molecule has 26 heavy (non-hydrogen) atoms. The van der Waals surface area contributed by atoms with E-state index in [4.69, 9.17) is 13.9 Å². The number of rotatable bonds is 4. The maximum atomic E-state index is 12.2. The quantitative estimate of drug-likeness (QED) is 0.403. The summed E-state index contributed by atoms with van der Waals surface area (Å²) in [5.74, 6) is 0.507. The van der Waals surface area contributed by atoms with E-state index >= 15 is 0 Å². The molecule has 5 heteroatoms. The third-order valence-corrected chi connectivity index (χ3v) is 4.37. The first-order valence-corrected chi connectivity index (χ1v) is 8.30. The van der Waals surface area contributed by atoms with Crippen molar-refractivity contribution in [2.75, 3.05) is 6.61 Å². The normalized spacial score (nSPS) is 10.8. The van der Waals surface area contributed by atoms with E-state index in [0.29, 0.717) is 17.1 Å². The molecule has 3 aromatic rings. The Bertz CT molecular complexity index is 1050. The SMILES string of the molecule is Cc1ccc(C)c(OC(=O)COc2ccc3c(C)cc(=O)oc3c2)c1C. The number of carbonyl (C=O) groups is 1. The van der Waals surface area contributed by atoms with Gasteiger partial charge in [-0.05, 0) is 62.1 Å². The highest BCUT2D eigenvalue weighted by Gasteiger charge is 2.13. The Balaban J connectivity index is 1.73. The molecule has 2 aromatic carbocycles. The number of aryl methyl sites for hydroxylation is 3. The first-order chi connectivity index (χ1) is 12.3. The Labute approximate surface area is 151 Å². The summed E-state index contributed by atoms with van der Waals surface area (Å²) in [6.45, 7) is 7.37. The van der Waals surface area contributed by atoms with Crippen molar-refractivity contribution in [3.63, 3.8) is 0 Å². The zero-order valence-corrected chi connectivity index (χ0v) is 15.2. The van der Waals surface area contributed by atoms with Gasteiger partial charge in [-0.25, -0.2) is 9.59 Å². The molecule has 0 aliphatic heterocycles. The zero-order chi connectivity index (χ0) is 18.8. The van der Waals surface area contributed by atoms with Gasteiger partial charge in [0.2, 0.25) is 0 Å². The Hall–Kier alpha value is -3.08. The van der Waals surface area contributed by atoms with Crippen LogP contribution in [0.1, 0.15) is 22.3 Å². The van der Waals surface area contributed by atoms with E-state index in [0.717, 1.165) is 27.6 Å². The fourth-order valence-electron chi connectivity index (χ4n) is 2.76. The van der Waals surface area contributed by atoms with Crippen molar-refractivity contribution in [3.05, 3.63) is 69.1 Å². The maximum absolute atomic E-state index is 12.2. The van der Waals surface area contributed by atoms with Gasteiger partial charge in [0.05, 0.1) is 0 Å². The minimum Gasteiger partial charge on any atom is -0.482 e. The Morgan fingerprint density at radius 2 is 1.69 bits per heavy atom. The molecule has 5 nitrogen and oxygen atoms in total. The second kappa shape index (κ2) is 7.04. The standard InChI is InChI=1S/C21H20O5/c1-12-5-6-13(2)21(15(12)4)26-20(23)11-24-16-7-8-17-14(3)9-19(22)25-18(17)10-16/h5-10H,11H2,1-4H3. The van der Waals surface area contributed by atoms with Crippen LogP contribution in [0.5, 0.6) is 11.5 Å². The number of benzene rings is 2. The van der Waals surface area contributed by atoms with E-state index in [1.54, 1.807) is 18.2 Å². The molecule has 0 unspecified atom stereocenters. The van der Waals surface area contributed by atoms with E-state index in [1.807, 2.05) is 39.8 Å². The molecule has 0 saturated carbocycles. The summed E-state index contributed by atoms with van der Waals surface area (Å²) < 4.78 is 16.1. The van der Waals surface area contributed by atoms with E-state index in [2.05, 4.69) is 0 Å². The summed E-state index contributed by atoms with van der Waals surface area (Å²) in [6.07, 6.45) is 0. The van der Waals surface area contributed by atoms with Gasteiger partial charge < -0.3 is 13.9 Å². The fraction of sp³-hybridized carbons (Fsp3) is 0.238. The van der Waals surface area contributed by atoms with E-state index in [-0.39, 0.29) is 6.61 Å². The number of esters is 1. The highest BCUT2D eigenvalue weighted by Crippen LogP contribution is 2.26. The number of hydrogen-bond donors (Lipinski definition) is 0. The molecule has 0 atom stereocenters. The topological polar surface area (TPSA) is 65.7 Å². The number of carbonyl (C=O) groups excluding carboxylic acids is 1. The van der Waals surface area contributed by atoms with Crippen molar-refractivity contribution >= 4 is 16.9 Å². The van der Waals surface area contributed by atoms with Crippen molar-refractivity contribution in [3.8, 4) is 11.5 Å². The van der Waals surface area contributed by atoms with Crippen LogP contribution in [0.3, 0.4) is 0 Å². The molecule has 0 bridgehead atoms. The monoisotopic (exact) mass is 352 g/mol. The van der Waals surface area contributed by atoms with Gasteiger partial charge in [0, 0.05) is 17.5 Å². The Kier molecular flexibility index (Phi) is 4.80. The molecule has 1 aromatic heterocycles. The lowest BCUT2D eigenvalue weighted by Crippen LogP contribution is -2.18. The van der Waals surface area contributed by atoms with Crippen LogP contribution in [0.2, 0.25) is 0 Å². The third kappa shape index (κ3) is 3.61. The molecule has 1 heterocycles. The molecule has 0 fully saturated rings. The summed E-state index contributed by atoms with van der Waals surface area (Å²) in [6, 6.07) is 10.5. The molecule has 0 radical (unpaired) electrons. The van der Waals surface area contributed by atoms with Crippen LogP contribution in [0.4, 0.5) is 0 Å². The second-order valence-corrected chi connectivity index (χ2v) is 6.32. The lowest BCUT2D eigenvalue weighted by molar-refractivity contribution is -0.136. The molecule has 0 amide bonds. The third-order valence-electron chi connectivity index (χ3n) is 4.37. The minimum absolute atomic E-state index is 0.242. The smallest absolute Gasteiger partial charge is 0.349 e. The molecular formula is C21H20O5. The maximum Gasteiger partial charge on any atom is 0.349 e. The molecule has 0 aliphatic carbocycles. The highest BCUT2D eigenvalue weighted by molar-refractivity contribution is 5.81. The van der Waals surface area contributed by atoms with Crippen molar-refractivity contribution < 1.29 is 18.7 Å². The van der Waals surface area contributed by atoms with Gasteiger partial charge in [-0.1, -0.05) is 12.1 Å². The van der Waals surface area contributed by atoms with E-state index in [1.165, 1.54) is 6.07 Å². The minimum atomic E-state index is -0.493. The van der Waals surface area contributed by atoms with Crippen LogP contribution in [0.15, 0.2) is 45.6 Å². The van der Waals surface area contributed by atoms with Gasteiger partial charge in [-0.15, -0.1) is 0 Å². The second-order valence-electron chi connectivity index (χ2n) is 6.32. The Morgan fingerprint density at radius 3 is 2.46 bits per heavy atom. The zero-order valence-electron chi connectivity index (χ0n) is 15.2. The predicted molar refractivity (Wildman–Crippen MR) is 99.0 cm³/mol.